The summed E-state index contributed by atoms with van der Waals surface area (Å²) in [6.07, 6.45) is 1.70. The highest BCUT2D eigenvalue weighted by atomic mass is 19.1. The highest BCUT2D eigenvalue weighted by Crippen LogP contribution is 2.39. The number of hydrogen-bond donors (Lipinski definition) is 1. The van der Waals surface area contributed by atoms with Crippen LogP contribution in [0.1, 0.15) is 24.0 Å². The minimum atomic E-state index is -0.960. The first-order chi connectivity index (χ1) is 8.22. The van der Waals surface area contributed by atoms with Crippen molar-refractivity contribution in [3.63, 3.8) is 0 Å². The smallest absolute Gasteiger partial charge is 0.180 e. The molecule has 0 bridgehead atoms. The van der Waals surface area contributed by atoms with Gasteiger partial charge < -0.3 is 9.84 Å². The van der Waals surface area contributed by atoms with Gasteiger partial charge in [0.15, 0.2) is 5.60 Å². The SMILES string of the molecule is N#CC1(OCCCO)CCc2cc(F)ccc21. The molecule has 0 aromatic heterocycles. The fourth-order valence-corrected chi connectivity index (χ4v) is 2.22. The quantitative estimate of drug-likeness (QED) is 0.811. The van der Waals surface area contributed by atoms with Crippen LogP contribution in [0.2, 0.25) is 0 Å². The molecule has 1 aromatic rings. The summed E-state index contributed by atoms with van der Waals surface area (Å²) in [5.74, 6) is -0.284. The lowest BCUT2D eigenvalue weighted by Gasteiger charge is -2.22. The van der Waals surface area contributed by atoms with Crippen molar-refractivity contribution in [2.24, 2.45) is 0 Å². The third-order valence-electron chi connectivity index (χ3n) is 3.08. The van der Waals surface area contributed by atoms with Crippen molar-refractivity contribution >= 4 is 0 Å². The Balaban J connectivity index is 2.25. The fraction of sp³-hybridized carbons (Fsp3) is 0.462. The lowest BCUT2D eigenvalue weighted by atomic mass is 9.97. The van der Waals surface area contributed by atoms with Gasteiger partial charge in [-0.2, -0.15) is 5.26 Å². The second-order valence-electron chi connectivity index (χ2n) is 4.17. The van der Waals surface area contributed by atoms with Crippen LogP contribution in [-0.4, -0.2) is 18.3 Å². The molecule has 2 rings (SSSR count). The number of rotatable bonds is 4. The van der Waals surface area contributed by atoms with Crippen molar-refractivity contribution in [2.45, 2.75) is 24.9 Å². The van der Waals surface area contributed by atoms with Crippen LogP contribution in [0.25, 0.3) is 0 Å². The van der Waals surface area contributed by atoms with Crippen LogP contribution in [0.3, 0.4) is 0 Å². The number of hydrogen-bond acceptors (Lipinski definition) is 3. The predicted molar refractivity (Wildman–Crippen MR) is 59.7 cm³/mol. The van der Waals surface area contributed by atoms with Gasteiger partial charge in [0.1, 0.15) is 11.9 Å². The summed E-state index contributed by atoms with van der Waals surface area (Å²) < 4.78 is 18.7. The van der Waals surface area contributed by atoms with Crippen molar-refractivity contribution < 1.29 is 14.2 Å². The molecule has 3 nitrogen and oxygen atoms in total. The summed E-state index contributed by atoms with van der Waals surface area (Å²) in [5.41, 5.74) is 0.646. The molecule has 1 unspecified atom stereocenters. The van der Waals surface area contributed by atoms with Gasteiger partial charge in [0.25, 0.3) is 0 Å². The molecule has 0 aliphatic heterocycles. The van der Waals surface area contributed by atoms with Gasteiger partial charge >= 0.3 is 0 Å². The second-order valence-corrected chi connectivity index (χ2v) is 4.17. The first kappa shape index (κ1) is 12.0. The summed E-state index contributed by atoms with van der Waals surface area (Å²) in [4.78, 5) is 0. The Morgan fingerprint density at radius 1 is 1.53 bits per heavy atom. The fourth-order valence-electron chi connectivity index (χ4n) is 2.22. The van der Waals surface area contributed by atoms with Gasteiger partial charge in [-0.3, -0.25) is 0 Å². The zero-order valence-corrected chi connectivity index (χ0v) is 9.45. The summed E-state index contributed by atoms with van der Waals surface area (Å²) in [6, 6.07) is 6.63. The zero-order chi connectivity index (χ0) is 12.3. The van der Waals surface area contributed by atoms with Gasteiger partial charge in [-0.15, -0.1) is 0 Å². The average molecular weight is 235 g/mol. The Morgan fingerprint density at radius 2 is 2.35 bits per heavy atom. The Bertz CT molecular complexity index is 455. The molecule has 1 aromatic carbocycles. The van der Waals surface area contributed by atoms with Gasteiger partial charge in [-0.1, -0.05) is 6.07 Å². The lowest BCUT2D eigenvalue weighted by Crippen LogP contribution is -2.25. The number of aryl methyl sites for hydroxylation is 1. The standard InChI is InChI=1S/C13H14FNO2/c14-11-2-3-12-10(8-11)4-5-13(12,9-15)17-7-1-6-16/h2-3,8,16H,1,4-7H2. The molecule has 4 heteroatoms. The van der Waals surface area contributed by atoms with Gasteiger partial charge in [0, 0.05) is 12.2 Å². The van der Waals surface area contributed by atoms with E-state index < -0.39 is 5.60 Å². The van der Waals surface area contributed by atoms with E-state index in [0.717, 1.165) is 11.1 Å². The van der Waals surface area contributed by atoms with Gasteiger partial charge in [0.2, 0.25) is 0 Å². The van der Waals surface area contributed by atoms with Crippen LogP contribution in [0, 0.1) is 17.1 Å². The molecule has 17 heavy (non-hydrogen) atoms. The van der Waals surface area contributed by atoms with Crippen LogP contribution in [0.15, 0.2) is 18.2 Å². The van der Waals surface area contributed by atoms with Gasteiger partial charge in [-0.25, -0.2) is 4.39 Å². The molecule has 1 aliphatic carbocycles. The minimum Gasteiger partial charge on any atom is -0.396 e. The minimum absolute atomic E-state index is 0.0395. The molecular formula is C13H14FNO2. The molecule has 1 N–H and O–H groups in total. The normalized spacial score (nSPS) is 22.2. The number of aliphatic hydroxyl groups is 1. The van der Waals surface area contributed by atoms with Crippen molar-refractivity contribution in [2.75, 3.05) is 13.2 Å². The van der Waals surface area contributed by atoms with E-state index in [-0.39, 0.29) is 12.4 Å². The molecule has 90 valence electrons. The molecule has 1 aliphatic rings. The molecule has 0 spiro atoms. The van der Waals surface area contributed by atoms with Crippen molar-refractivity contribution in [1.29, 1.82) is 5.26 Å². The molecule has 0 fully saturated rings. The molecule has 0 radical (unpaired) electrons. The topological polar surface area (TPSA) is 53.2 Å². The highest BCUT2D eigenvalue weighted by Gasteiger charge is 2.40. The van der Waals surface area contributed by atoms with Crippen molar-refractivity contribution in [3.05, 3.63) is 35.1 Å². The molecular weight excluding hydrogens is 221 g/mol. The maximum atomic E-state index is 13.1. The average Bonchev–Trinajstić information content (AvgIpc) is 2.68. The second kappa shape index (κ2) is 4.82. The van der Waals surface area contributed by atoms with E-state index in [1.54, 1.807) is 6.07 Å². The number of aliphatic hydroxyl groups excluding tert-OH is 1. The van der Waals surface area contributed by atoms with E-state index in [1.165, 1.54) is 12.1 Å². The summed E-state index contributed by atoms with van der Waals surface area (Å²) in [7, 11) is 0. The number of fused-ring (bicyclic) bond motifs is 1. The maximum Gasteiger partial charge on any atom is 0.180 e. The first-order valence-electron chi connectivity index (χ1n) is 5.67. The lowest BCUT2D eigenvalue weighted by molar-refractivity contribution is -0.0107. The first-order valence-corrected chi connectivity index (χ1v) is 5.67. The monoisotopic (exact) mass is 235 g/mol. The molecule has 1 atom stereocenters. The van der Waals surface area contributed by atoms with Crippen LogP contribution in [0.5, 0.6) is 0 Å². The highest BCUT2D eigenvalue weighted by molar-refractivity contribution is 5.42. The zero-order valence-electron chi connectivity index (χ0n) is 9.45. The Hall–Kier alpha value is -1.44. The number of nitriles is 1. The van der Waals surface area contributed by atoms with Crippen LogP contribution in [0.4, 0.5) is 4.39 Å². The maximum absolute atomic E-state index is 13.1. The summed E-state index contributed by atoms with van der Waals surface area (Å²) in [5, 5.41) is 18.0. The van der Waals surface area contributed by atoms with Crippen LogP contribution in [-0.2, 0) is 16.8 Å². The molecule has 0 saturated heterocycles. The number of nitrogens with zero attached hydrogens (tertiary/aromatic N) is 1. The van der Waals surface area contributed by atoms with E-state index in [1.807, 2.05) is 0 Å². The molecule has 0 saturated carbocycles. The number of ether oxygens (including phenoxy) is 1. The van der Waals surface area contributed by atoms with E-state index in [0.29, 0.717) is 25.9 Å². The predicted octanol–water partition coefficient (Wildman–Crippen LogP) is 1.89. The molecule has 0 amide bonds. The molecule has 0 heterocycles. The van der Waals surface area contributed by atoms with Gasteiger partial charge in [0.05, 0.1) is 6.61 Å². The largest absolute Gasteiger partial charge is 0.396 e. The Morgan fingerprint density at radius 3 is 3.06 bits per heavy atom. The van der Waals surface area contributed by atoms with Gasteiger partial charge in [-0.05, 0) is 37.0 Å². The van der Waals surface area contributed by atoms with E-state index in [9.17, 15) is 9.65 Å². The summed E-state index contributed by atoms with van der Waals surface area (Å²) in [6.45, 7) is 0.374. The third kappa shape index (κ3) is 2.17. The third-order valence-corrected chi connectivity index (χ3v) is 3.08. The van der Waals surface area contributed by atoms with E-state index in [4.69, 9.17) is 9.84 Å². The van der Waals surface area contributed by atoms with Crippen LogP contribution >= 0.6 is 0 Å². The number of halogens is 1. The van der Waals surface area contributed by atoms with Crippen molar-refractivity contribution in [3.8, 4) is 6.07 Å². The van der Waals surface area contributed by atoms with Crippen LogP contribution < -0.4 is 0 Å². The Labute approximate surface area is 99.4 Å². The van der Waals surface area contributed by atoms with E-state index >= 15 is 0 Å². The van der Waals surface area contributed by atoms with E-state index in [2.05, 4.69) is 6.07 Å². The summed E-state index contributed by atoms with van der Waals surface area (Å²) >= 11 is 0. The van der Waals surface area contributed by atoms with Crippen molar-refractivity contribution in [1.82, 2.24) is 0 Å². The Kier molecular flexibility index (Phi) is 3.41. The number of benzene rings is 1.